The Morgan fingerprint density at radius 2 is 2.06 bits per heavy atom. The van der Waals surface area contributed by atoms with Gasteiger partial charge in [-0.2, -0.15) is 0 Å². The maximum Gasteiger partial charge on any atom is 0.257 e. The number of halogens is 2. The quantitative estimate of drug-likeness (QED) is 0.712. The van der Waals surface area contributed by atoms with Crippen LogP contribution in [0.1, 0.15) is 24.2 Å². The highest BCUT2D eigenvalue weighted by atomic mass is 19.1. The van der Waals surface area contributed by atoms with Gasteiger partial charge in [-0.05, 0) is 18.1 Å². The van der Waals surface area contributed by atoms with E-state index in [1.165, 1.54) is 0 Å². The molecule has 1 unspecified atom stereocenters. The molecular formula is C12H16F2N2O2. The Bertz CT molecular complexity index is 450. The molecule has 0 aromatic heterocycles. The first-order valence-electron chi connectivity index (χ1n) is 5.53. The fourth-order valence-corrected chi connectivity index (χ4v) is 1.44. The van der Waals surface area contributed by atoms with Gasteiger partial charge < -0.3 is 16.2 Å². The van der Waals surface area contributed by atoms with Crippen LogP contribution in [-0.4, -0.2) is 23.7 Å². The monoisotopic (exact) mass is 258 g/mol. The first-order valence-corrected chi connectivity index (χ1v) is 5.53. The lowest BCUT2D eigenvalue weighted by Crippen LogP contribution is -2.41. The van der Waals surface area contributed by atoms with Gasteiger partial charge in [-0.1, -0.05) is 13.8 Å². The third-order valence-electron chi connectivity index (χ3n) is 2.67. The highest BCUT2D eigenvalue weighted by molar-refractivity contribution is 5.95. The zero-order chi connectivity index (χ0) is 13.9. The second-order valence-corrected chi connectivity index (χ2v) is 4.33. The number of nitrogens with one attached hydrogen (secondary N) is 1. The SMILES string of the molecule is CC(C)C(CO)NC(=O)c1c(F)ccc(N)c1F. The summed E-state index contributed by atoms with van der Waals surface area (Å²) < 4.78 is 27.0. The van der Waals surface area contributed by atoms with E-state index in [2.05, 4.69) is 5.32 Å². The van der Waals surface area contributed by atoms with E-state index in [4.69, 9.17) is 10.8 Å². The lowest BCUT2D eigenvalue weighted by Gasteiger charge is -2.20. The fourth-order valence-electron chi connectivity index (χ4n) is 1.44. The van der Waals surface area contributed by atoms with Crippen molar-refractivity contribution in [1.29, 1.82) is 0 Å². The van der Waals surface area contributed by atoms with E-state index in [1.807, 2.05) is 0 Å². The summed E-state index contributed by atoms with van der Waals surface area (Å²) in [5.74, 6) is -3.07. The fraction of sp³-hybridized carbons (Fsp3) is 0.417. The Labute approximate surface area is 104 Å². The van der Waals surface area contributed by atoms with Crippen LogP contribution >= 0.6 is 0 Å². The molecule has 0 radical (unpaired) electrons. The number of aliphatic hydroxyl groups is 1. The van der Waals surface area contributed by atoms with Crippen molar-refractivity contribution in [3.05, 3.63) is 29.3 Å². The first kappa shape index (κ1) is 14.4. The summed E-state index contributed by atoms with van der Waals surface area (Å²) >= 11 is 0. The van der Waals surface area contributed by atoms with Crippen LogP contribution in [-0.2, 0) is 0 Å². The van der Waals surface area contributed by atoms with Crippen LogP contribution < -0.4 is 11.1 Å². The Hall–Kier alpha value is -1.69. The number of anilines is 1. The number of benzene rings is 1. The van der Waals surface area contributed by atoms with Gasteiger partial charge in [-0.25, -0.2) is 8.78 Å². The lowest BCUT2D eigenvalue weighted by atomic mass is 10.0. The largest absolute Gasteiger partial charge is 0.396 e. The number of aliphatic hydroxyl groups excluding tert-OH is 1. The highest BCUT2D eigenvalue weighted by Crippen LogP contribution is 2.18. The highest BCUT2D eigenvalue weighted by Gasteiger charge is 2.23. The molecule has 18 heavy (non-hydrogen) atoms. The van der Waals surface area contributed by atoms with E-state index in [0.717, 1.165) is 12.1 Å². The number of rotatable bonds is 4. The molecule has 0 bridgehead atoms. The molecule has 0 aliphatic carbocycles. The van der Waals surface area contributed by atoms with Gasteiger partial charge in [0.25, 0.3) is 5.91 Å². The normalized spacial score (nSPS) is 12.6. The summed E-state index contributed by atoms with van der Waals surface area (Å²) in [6.45, 7) is 3.23. The van der Waals surface area contributed by atoms with E-state index in [9.17, 15) is 13.6 Å². The molecule has 4 nitrogen and oxygen atoms in total. The minimum Gasteiger partial charge on any atom is -0.396 e. The van der Waals surface area contributed by atoms with Crippen molar-refractivity contribution in [2.45, 2.75) is 19.9 Å². The van der Waals surface area contributed by atoms with Gasteiger partial charge in [0.05, 0.1) is 18.3 Å². The second kappa shape index (κ2) is 5.77. The number of hydrogen-bond donors (Lipinski definition) is 3. The third kappa shape index (κ3) is 2.95. The maximum atomic E-state index is 13.6. The summed E-state index contributed by atoms with van der Waals surface area (Å²) in [6.07, 6.45) is 0. The van der Waals surface area contributed by atoms with Crippen molar-refractivity contribution >= 4 is 11.6 Å². The van der Waals surface area contributed by atoms with Crippen molar-refractivity contribution in [3.8, 4) is 0 Å². The van der Waals surface area contributed by atoms with Crippen LogP contribution in [0.25, 0.3) is 0 Å². The van der Waals surface area contributed by atoms with E-state index in [1.54, 1.807) is 13.8 Å². The Morgan fingerprint density at radius 1 is 1.44 bits per heavy atom. The van der Waals surface area contributed by atoms with Crippen molar-refractivity contribution in [3.63, 3.8) is 0 Å². The van der Waals surface area contributed by atoms with E-state index < -0.39 is 29.1 Å². The minimum absolute atomic E-state index is 0.0638. The number of nitrogen functional groups attached to an aromatic ring is 1. The maximum absolute atomic E-state index is 13.6. The molecule has 6 heteroatoms. The summed E-state index contributed by atoms with van der Waals surface area (Å²) in [5.41, 5.74) is 4.25. The number of nitrogens with two attached hydrogens (primary N) is 1. The summed E-state index contributed by atoms with van der Waals surface area (Å²) in [4.78, 5) is 11.8. The first-order chi connectivity index (χ1) is 8.38. The molecule has 0 spiro atoms. The van der Waals surface area contributed by atoms with Gasteiger partial charge in [0, 0.05) is 0 Å². The molecule has 0 saturated carbocycles. The topological polar surface area (TPSA) is 75.3 Å². The standard InChI is InChI=1S/C12H16F2N2O2/c1-6(2)9(5-17)16-12(18)10-7(13)3-4-8(15)11(10)14/h3-4,6,9,17H,5,15H2,1-2H3,(H,16,18). The smallest absolute Gasteiger partial charge is 0.257 e. The summed E-state index contributed by atoms with van der Waals surface area (Å²) in [6, 6.07) is 1.40. The van der Waals surface area contributed by atoms with Gasteiger partial charge in [-0.3, -0.25) is 4.79 Å². The third-order valence-corrected chi connectivity index (χ3v) is 2.67. The predicted molar refractivity (Wildman–Crippen MR) is 63.9 cm³/mol. The molecule has 0 heterocycles. The van der Waals surface area contributed by atoms with Gasteiger partial charge in [-0.15, -0.1) is 0 Å². The molecule has 0 saturated heterocycles. The van der Waals surface area contributed by atoms with Crippen LogP contribution in [0.3, 0.4) is 0 Å². The minimum atomic E-state index is -1.09. The van der Waals surface area contributed by atoms with Crippen molar-refractivity contribution in [2.24, 2.45) is 5.92 Å². The van der Waals surface area contributed by atoms with Crippen LogP contribution in [0.15, 0.2) is 12.1 Å². The number of amides is 1. The molecule has 1 aromatic rings. The number of carbonyl (C=O) groups excluding carboxylic acids is 1. The Balaban J connectivity index is 3.01. The molecule has 4 N–H and O–H groups in total. The average Bonchev–Trinajstić information content (AvgIpc) is 2.31. The summed E-state index contributed by atoms with van der Waals surface area (Å²) in [5, 5.41) is 11.4. The van der Waals surface area contributed by atoms with Crippen molar-refractivity contribution in [1.82, 2.24) is 5.32 Å². The Morgan fingerprint density at radius 3 is 2.56 bits per heavy atom. The predicted octanol–water partition coefficient (Wildman–Crippen LogP) is 1.29. The van der Waals surface area contributed by atoms with Crippen molar-refractivity contribution < 1.29 is 18.7 Å². The number of hydrogen-bond acceptors (Lipinski definition) is 3. The summed E-state index contributed by atoms with van der Waals surface area (Å²) in [7, 11) is 0. The molecule has 1 rings (SSSR count). The molecule has 0 aliphatic heterocycles. The molecule has 0 fully saturated rings. The van der Waals surface area contributed by atoms with Gasteiger partial charge in [0.1, 0.15) is 11.4 Å². The molecule has 1 aromatic carbocycles. The molecule has 100 valence electrons. The van der Waals surface area contributed by atoms with Gasteiger partial charge in [0.2, 0.25) is 0 Å². The second-order valence-electron chi connectivity index (χ2n) is 4.33. The molecule has 0 aliphatic rings. The van der Waals surface area contributed by atoms with E-state index >= 15 is 0 Å². The number of carbonyl (C=O) groups is 1. The van der Waals surface area contributed by atoms with Crippen LogP contribution in [0.4, 0.5) is 14.5 Å². The molecular weight excluding hydrogens is 242 g/mol. The molecule has 1 amide bonds. The zero-order valence-corrected chi connectivity index (χ0v) is 10.2. The van der Waals surface area contributed by atoms with Crippen LogP contribution in [0.2, 0.25) is 0 Å². The van der Waals surface area contributed by atoms with Gasteiger partial charge in [0.15, 0.2) is 5.82 Å². The van der Waals surface area contributed by atoms with Crippen LogP contribution in [0.5, 0.6) is 0 Å². The van der Waals surface area contributed by atoms with Gasteiger partial charge >= 0.3 is 0 Å². The van der Waals surface area contributed by atoms with Crippen LogP contribution in [0, 0.1) is 17.6 Å². The Kier molecular flexibility index (Phi) is 4.61. The molecule has 1 atom stereocenters. The zero-order valence-electron chi connectivity index (χ0n) is 10.2. The van der Waals surface area contributed by atoms with Crippen molar-refractivity contribution in [2.75, 3.05) is 12.3 Å². The van der Waals surface area contributed by atoms with E-state index in [-0.39, 0.29) is 18.2 Å². The lowest BCUT2D eigenvalue weighted by molar-refractivity contribution is 0.0888. The van der Waals surface area contributed by atoms with E-state index in [0.29, 0.717) is 0 Å². The average molecular weight is 258 g/mol.